The van der Waals surface area contributed by atoms with Crippen molar-refractivity contribution in [1.29, 1.82) is 0 Å². The maximum absolute atomic E-state index is 14.7. The Kier molecular flexibility index (Phi) is 8.47. The van der Waals surface area contributed by atoms with Crippen molar-refractivity contribution >= 4 is 36.5 Å². The van der Waals surface area contributed by atoms with Crippen LogP contribution in [0.3, 0.4) is 0 Å². The van der Waals surface area contributed by atoms with E-state index >= 15 is 0 Å². The van der Waals surface area contributed by atoms with Crippen LogP contribution in [0.4, 0.5) is 13.2 Å². The highest BCUT2D eigenvalue weighted by Crippen LogP contribution is 2.58. The van der Waals surface area contributed by atoms with Crippen LogP contribution < -0.4 is 0 Å². The van der Waals surface area contributed by atoms with Crippen LogP contribution in [0.5, 0.6) is 0 Å². The van der Waals surface area contributed by atoms with Crippen molar-refractivity contribution in [2.24, 2.45) is 5.92 Å². The Morgan fingerprint density at radius 1 is 0.809 bits per heavy atom. The Morgan fingerprint density at radius 3 is 2.19 bits per heavy atom. The van der Waals surface area contributed by atoms with Crippen LogP contribution in [0.1, 0.15) is 53.9 Å². The molecule has 244 valence electrons. The van der Waals surface area contributed by atoms with Gasteiger partial charge in [-0.15, -0.1) is 0 Å². The van der Waals surface area contributed by atoms with Crippen LogP contribution in [-0.2, 0) is 25.9 Å². The average Bonchev–Trinajstić information content (AvgIpc) is 3.64. The number of alkyl halides is 3. The van der Waals surface area contributed by atoms with Gasteiger partial charge in [0.25, 0.3) is 0 Å². The molecule has 2 aliphatic rings. The molecule has 1 N–H and O–H groups in total. The van der Waals surface area contributed by atoms with Gasteiger partial charge in [-0.1, -0.05) is 72.8 Å². The minimum Gasteiger partial charge on any atom is -0.368 e. The first-order valence-corrected chi connectivity index (χ1v) is 18.6. The normalized spacial score (nSPS) is 22.5. The summed E-state index contributed by atoms with van der Waals surface area (Å²) in [6, 6.07) is 26.1. The highest BCUT2D eigenvalue weighted by atomic mass is 32.2. The first kappa shape index (κ1) is 32.8. The molecular weight excluding hydrogens is 644 g/mol. The second-order valence-corrected chi connectivity index (χ2v) is 16.9. The van der Waals surface area contributed by atoms with Gasteiger partial charge in [-0.05, 0) is 95.5 Å². The van der Waals surface area contributed by atoms with Crippen LogP contribution in [-0.4, -0.2) is 32.8 Å². The third-order valence-corrected chi connectivity index (χ3v) is 13.2. The molecule has 2 aliphatic carbocycles. The summed E-state index contributed by atoms with van der Waals surface area (Å²) in [5.41, 5.74) is 1.22. The number of rotatable bonds is 4. The Morgan fingerprint density at radius 2 is 1.51 bits per heavy atom. The van der Waals surface area contributed by atoms with Gasteiger partial charge in [0, 0.05) is 24.6 Å². The van der Waals surface area contributed by atoms with E-state index < -0.39 is 52.9 Å². The topological polar surface area (TPSA) is 84.1 Å². The van der Waals surface area contributed by atoms with Crippen molar-refractivity contribution in [1.82, 2.24) is 4.98 Å². The fourth-order valence-corrected chi connectivity index (χ4v) is 10.5. The molecule has 4 unspecified atom stereocenters. The molecule has 7 rings (SSSR count). The minimum absolute atomic E-state index is 0.0411. The zero-order valence-corrected chi connectivity index (χ0v) is 27.4. The molecular formula is C37H34F3NO4S2. The molecule has 0 spiro atoms. The van der Waals surface area contributed by atoms with Gasteiger partial charge in [-0.25, -0.2) is 16.8 Å². The predicted octanol–water partition coefficient (Wildman–Crippen LogP) is 8.81. The molecule has 1 aromatic heterocycles. The molecule has 10 heteroatoms. The van der Waals surface area contributed by atoms with Crippen molar-refractivity contribution in [2.45, 2.75) is 52.3 Å². The van der Waals surface area contributed by atoms with Crippen molar-refractivity contribution < 1.29 is 30.0 Å². The molecule has 4 aromatic carbocycles. The molecule has 1 fully saturated rings. The number of allylic oxidation sites excluding steroid dienone is 1. The lowest BCUT2D eigenvalue weighted by molar-refractivity contribution is -0.137. The highest BCUT2D eigenvalue weighted by molar-refractivity contribution is 7.93. The summed E-state index contributed by atoms with van der Waals surface area (Å²) in [6.07, 6.45) is 4.69. The molecule has 0 bridgehead atoms. The van der Waals surface area contributed by atoms with Crippen LogP contribution in [0.2, 0.25) is 0 Å². The van der Waals surface area contributed by atoms with Gasteiger partial charge < -0.3 is 4.98 Å². The van der Waals surface area contributed by atoms with Gasteiger partial charge in [0.1, 0.15) is 0 Å². The quantitative estimate of drug-likeness (QED) is 0.206. The number of nitrogens with one attached hydrogen (secondary N) is 1. The SMILES string of the molecule is CC1(S(=O)(=O)c2cccc(C(F)(F)F)c2)CC(c2ccccc2S(C)(=O)=O)CC2C=Cc3c(ccc4ccccc34)C21.c1cc[nH]c1. The van der Waals surface area contributed by atoms with Gasteiger partial charge in [0.15, 0.2) is 19.7 Å². The number of sulfone groups is 2. The largest absolute Gasteiger partial charge is 0.416 e. The highest BCUT2D eigenvalue weighted by Gasteiger charge is 2.56. The first-order valence-electron chi connectivity index (χ1n) is 15.2. The predicted molar refractivity (Wildman–Crippen MR) is 179 cm³/mol. The third-order valence-electron chi connectivity index (χ3n) is 9.48. The molecule has 0 radical (unpaired) electrons. The number of H-pyrrole nitrogens is 1. The summed E-state index contributed by atoms with van der Waals surface area (Å²) >= 11 is 0. The Hall–Kier alpha value is -4.15. The fraction of sp³-hybridized carbons (Fsp3) is 0.243. The zero-order valence-electron chi connectivity index (χ0n) is 25.8. The van der Waals surface area contributed by atoms with E-state index in [1.807, 2.05) is 73.1 Å². The summed E-state index contributed by atoms with van der Waals surface area (Å²) in [5, 5.41) is 1.96. The zero-order chi connectivity index (χ0) is 33.6. The minimum atomic E-state index is -4.71. The fourth-order valence-electron chi connectivity index (χ4n) is 7.41. The summed E-state index contributed by atoms with van der Waals surface area (Å²) in [4.78, 5) is 2.60. The van der Waals surface area contributed by atoms with Crippen molar-refractivity contribution in [3.8, 4) is 0 Å². The van der Waals surface area contributed by atoms with E-state index in [0.29, 0.717) is 18.1 Å². The molecule has 5 aromatic rings. The number of hydrogen-bond acceptors (Lipinski definition) is 4. The Bertz CT molecular complexity index is 2160. The standard InChI is InChI=1S/C33H29F3O4S2.C4H5N/c1-32(42(39,40)25-10-7-9-24(19-25)33(34,35)36)20-23(27-12-5-6-13-30(27)41(2,37)38)18-22-15-16-28-26-11-4-3-8-21(26)14-17-29(28)31(22)32;1-2-4-5-3-1/h3-17,19,22-23,31H,18,20H2,1-2H3;1-5H. The molecule has 0 saturated heterocycles. The number of aromatic nitrogens is 1. The lowest BCUT2D eigenvalue weighted by atomic mass is 9.61. The van der Waals surface area contributed by atoms with Crippen LogP contribution >= 0.6 is 0 Å². The summed E-state index contributed by atoms with van der Waals surface area (Å²) in [5.74, 6) is -1.33. The van der Waals surface area contributed by atoms with E-state index in [-0.39, 0.29) is 17.2 Å². The van der Waals surface area contributed by atoms with Crippen molar-refractivity contribution in [3.63, 3.8) is 0 Å². The van der Waals surface area contributed by atoms with Gasteiger partial charge in [-0.3, -0.25) is 0 Å². The van der Waals surface area contributed by atoms with E-state index in [4.69, 9.17) is 0 Å². The second-order valence-electron chi connectivity index (χ2n) is 12.5. The van der Waals surface area contributed by atoms with Crippen molar-refractivity contribution in [2.75, 3.05) is 6.26 Å². The van der Waals surface area contributed by atoms with Crippen LogP contribution in [0, 0.1) is 5.92 Å². The van der Waals surface area contributed by atoms with Crippen LogP contribution in [0.25, 0.3) is 16.8 Å². The molecule has 0 aliphatic heterocycles. The number of hydrogen-bond donors (Lipinski definition) is 1. The van der Waals surface area contributed by atoms with E-state index in [1.165, 1.54) is 12.1 Å². The lowest BCUT2D eigenvalue weighted by Gasteiger charge is -2.50. The van der Waals surface area contributed by atoms with Gasteiger partial charge >= 0.3 is 6.18 Å². The van der Waals surface area contributed by atoms with E-state index in [0.717, 1.165) is 40.3 Å². The van der Waals surface area contributed by atoms with Crippen molar-refractivity contribution in [3.05, 3.63) is 138 Å². The van der Waals surface area contributed by atoms with Crippen LogP contribution in [0.15, 0.2) is 125 Å². The van der Waals surface area contributed by atoms with E-state index in [9.17, 15) is 30.0 Å². The Balaban J connectivity index is 0.000000707. The monoisotopic (exact) mass is 677 g/mol. The summed E-state index contributed by atoms with van der Waals surface area (Å²) in [7, 11) is -8.01. The Labute approximate surface area is 273 Å². The van der Waals surface area contributed by atoms with E-state index in [2.05, 4.69) is 4.98 Å². The summed E-state index contributed by atoms with van der Waals surface area (Å²) < 4.78 is 94.3. The smallest absolute Gasteiger partial charge is 0.368 e. The average molecular weight is 678 g/mol. The number of benzene rings is 4. The van der Waals surface area contributed by atoms with E-state index in [1.54, 1.807) is 25.1 Å². The molecule has 1 saturated carbocycles. The number of fused-ring (bicyclic) bond motifs is 5. The maximum Gasteiger partial charge on any atom is 0.416 e. The molecule has 0 amide bonds. The molecule has 1 heterocycles. The maximum atomic E-state index is 14.7. The third kappa shape index (κ3) is 6.05. The van der Waals surface area contributed by atoms with Gasteiger partial charge in [-0.2, -0.15) is 13.2 Å². The second kappa shape index (κ2) is 12.1. The van der Waals surface area contributed by atoms with Gasteiger partial charge in [0.05, 0.1) is 20.1 Å². The molecule has 5 nitrogen and oxygen atoms in total. The number of halogens is 3. The summed E-state index contributed by atoms with van der Waals surface area (Å²) in [6.45, 7) is 1.62. The first-order chi connectivity index (χ1) is 22.2. The van der Waals surface area contributed by atoms with Gasteiger partial charge in [0.2, 0.25) is 0 Å². The molecule has 47 heavy (non-hydrogen) atoms. The number of aromatic amines is 1. The molecule has 4 atom stereocenters. The lowest BCUT2D eigenvalue weighted by Crippen LogP contribution is -2.50.